The fourth-order valence-corrected chi connectivity index (χ4v) is 7.19. The third kappa shape index (κ3) is 3.26. The summed E-state index contributed by atoms with van der Waals surface area (Å²) in [5, 5.41) is 5.66. The zero-order chi connectivity index (χ0) is 28.8. The second-order valence-corrected chi connectivity index (χ2v) is 11.6. The van der Waals surface area contributed by atoms with E-state index in [0.717, 1.165) is 73.8 Å². The number of aromatic nitrogens is 4. The molecule has 5 heteroatoms. The van der Waals surface area contributed by atoms with E-state index >= 15 is 0 Å². The number of benzene rings is 5. The molecule has 0 amide bonds. The van der Waals surface area contributed by atoms with Crippen LogP contribution in [0.1, 0.15) is 24.2 Å². The van der Waals surface area contributed by atoms with Gasteiger partial charge in [0.05, 0.1) is 33.1 Å². The molecule has 0 spiro atoms. The Labute approximate surface area is 251 Å². The smallest absolute Gasteiger partial charge is 0.182 e. The van der Waals surface area contributed by atoms with Crippen molar-refractivity contribution in [3.8, 4) is 11.3 Å². The standard InChI is InChI=1S/C39H24N4O/c1-2-9-23(10-3-1)24-11-8-12-26(19-24)39-41-31-15-6-4-14-28(31)36(42-39)25-17-18-34-30(20-25)35-37-29(21-32-38(35)44-22-40-32)27-13-5-7-16-33(27)43(34)37/h1-7,9-10,12-22H,8,11H2. The maximum atomic E-state index is 6.03. The highest BCUT2D eigenvalue weighted by molar-refractivity contribution is 6.30. The first-order chi connectivity index (χ1) is 21.8. The van der Waals surface area contributed by atoms with E-state index in [1.165, 1.54) is 32.9 Å². The molecule has 5 nitrogen and oxygen atoms in total. The molecular weight excluding hydrogens is 540 g/mol. The quantitative estimate of drug-likeness (QED) is 0.214. The summed E-state index contributed by atoms with van der Waals surface area (Å²) in [6.07, 6.45) is 8.05. The van der Waals surface area contributed by atoms with E-state index in [0.29, 0.717) is 0 Å². The summed E-state index contributed by atoms with van der Waals surface area (Å²) < 4.78 is 8.40. The molecule has 206 valence electrons. The number of hydrogen-bond acceptors (Lipinski definition) is 4. The summed E-state index contributed by atoms with van der Waals surface area (Å²) in [7, 11) is 0. The van der Waals surface area contributed by atoms with Crippen molar-refractivity contribution in [1.29, 1.82) is 0 Å². The van der Waals surface area contributed by atoms with E-state index in [-0.39, 0.29) is 0 Å². The van der Waals surface area contributed by atoms with Gasteiger partial charge in [0.2, 0.25) is 0 Å². The number of oxazole rings is 1. The van der Waals surface area contributed by atoms with Crippen LogP contribution in [0.25, 0.3) is 82.5 Å². The summed E-state index contributed by atoms with van der Waals surface area (Å²) in [6.45, 7) is 0. The van der Waals surface area contributed by atoms with Crippen molar-refractivity contribution >= 4 is 71.2 Å². The second-order valence-electron chi connectivity index (χ2n) is 11.6. The Morgan fingerprint density at radius 1 is 0.659 bits per heavy atom. The van der Waals surface area contributed by atoms with Crippen LogP contribution in [-0.2, 0) is 0 Å². The van der Waals surface area contributed by atoms with Gasteiger partial charge >= 0.3 is 0 Å². The molecule has 10 rings (SSSR count). The first-order valence-electron chi connectivity index (χ1n) is 15.0. The molecule has 4 heterocycles. The first-order valence-corrected chi connectivity index (χ1v) is 15.0. The molecule has 44 heavy (non-hydrogen) atoms. The van der Waals surface area contributed by atoms with Gasteiger partial charge in [-0.2, -0.15) is 0 Å². The number of allylic oxidation sites excluding steroid dienone is 4. The van der Waals surface area contributed by atoms with Crippen molar-refractivity contribution in [3.05, 3.63) is 133 Å². The van der Waals surface area contributed by atoms with Gasteiger partial charge in [0, 0.05) is 32.7 Å². The highest BCUT2D eigenvalue weighted by Gasteiger charge is 2.23. The summed E-state index contributed by atoms with van der Waals surface area (Å²) in [5.41, 5.74) is 11.7. The molecule has 0 fully saturated rings. The number of para-hydroxylation sites is 2. The van der Waals surface area contributed by atoms with E-state index in [1.54, 1.807) is 6.39 Å². The van der Waals surface area contributed by atoms with Crippen molar-refractivity contribution in [3.63, 3.8) is 0 Å². The predicted molar refractivity (Wildman–Crippen MR) is 179 cm³/mol. The van der Waals surface area contributed by atoms with Gasteiger partial charge in [0.25, 0.3) is 0 Å². The van der Waals surface area contributed by atoms with Crippen LogP contribution in [0.5, 0.6) is 0 Å². The largest absolute Gasteiger partial charge is 0.443 e. The summed E-state index contributed by atoms with van der Waals surface area (Å²) in [6, 6.07) is 36.4. The highest BCUT2D eigenvalue weighted by atomic mass is 16.3. The fourth-order valence-electron chi connectivity index (χ4n) is 7.19. The van der Waals surface area contributed by atoms with Crippen LogP contribution < -0.4 is 0 Å². The van der Waals surface area contributed by atoms with Gasteiger partial charge in [0.1, 0.15) is 5.52 Å². The predicted octanol–water partition coefficient (Wildman–Crippen LogP) is 9.85. The molecule has 4 aromatic heterocycles. The minimum absolute atomic E-state index is 0.754. The lowest BCUT2D eigenvalue weighted by atomic mass is 9.93. The van der Waals surface area contributed by atoms with Crippen molar-refractivity contribution in [1.82, 2.24) is 19.4 Å². The summed E-state index contributed by atoms with van der Waals surface area (Å²) in [4.78, 5) is 14.9. The maximum Gasteiger partial charge on any atom is 0.182 e. The fraction of sp³-hybridized carbons (Fsp3) is 0.0513. The lowest BCUT2D eigenvalue weighted by Crippen LogP contribution is -2.00. The number of fused-ring (bicyclic) bond motifs is 9. The van der Waals surface area contributed by atoms with E-state index in [2.05, 4.69) is 119 Å². The third-order valence-electron chi connectivity index (χ3n) is 9.15. The topological polar surface area (TPSA) is 56.2 Å². The van der Waals surface area contributed by atoms with Crippen LogP contribution >= 0.6 is 0 Å². The second kappa shape index (κ2) is 8.85. The maximum absolute atomic E-state index is 6.03. The van der Waals surface area contributed by atoms with Crippen LogP contribution in [-0.4, -0.2) is 19.4 Å². The molecule has 0 saturated carbocycles. The Bertz CT molecular complexity index is 2660. The van der Waals surface area contributed by atoms with Crippen LogP contribution in [0.2, 0.25) is 0 Å². The minimum atomic E-state index is 0.754. The summed E-state index contributed by atoms with van der Waals surface area (Å²) >= 11 is 0. The van der Waals surface area contributed by atoms with E-state index in [9.17, 15) is 0 Å². The van der Waals surface area contributed by atoms with Gasteiger partial charge in [-0.15, -0.1) is 0 Å². The molecule has 0 saturated heterocycles. The van der Waals surface area contributed by atoms with E-state index in [4.69, 9.17) is 14.4 Å². The normalized spacial score (nSPS) is 14.0. The average Bonchev–Trinajstić information content (AvgIpc) is 3.79. The average molecular weight is 565 g/mol. The molecule has 0 aliphatic heterocycles. The Hall–Kier alpha value is -5.81. The molecule has 0 bridgehead atoms. The molecule has 9 aromatic rings. The van der Waals surface area contributed by atoms with Gasteiger partial charge in [-0.1, -0.05) is 78.9 Å². The molecule has 0 atom stereocenters. The van der Waals surface area contributed by atoms with Crippen molar-refractivity contribution in [2.75, 3.05) is 0 Å². The Balaban J connectivity index is 1.23. The SMILES string of the molecule is C1=C(c2ccccc2)CCC=C1c1nc(-c2ccc3c(c2)c2c4ocnc4cc4c5ccccc5n3c42)c2ccccc2n1. The number of rotatable bonds is 3. The zero-order valence-electron chi connectivity index (χ0n) is 23.7. The van der Waals surface area contributed by atoms with Gasteiger partial charge < -0.3 is 8.82 Å². The Kier molecular flexibility index (Phi) is 4.77. The number of nitrogens with zero attached hydrogens (tertiary/aromatic N) is 4. The Morgan fingerprint density at radius 3 is 2.41 bits per heavy atom. The zero-order valence-corrected chi connectivity index (χ0v) is 23.7. The van der Waals surface area contributed by atoms with E-state index in [1.807, 2.05) is 6.07 Å². The lowest BCUT2D eigenvalue weighted by molar-refractivity contribution is 0.605. The van der Waals surface area contributed by atoms with Crippen LogP contribution in [0.15, 0.2) is 126 Å². The molecule has 5 aromatic carbocycles. The Morgan fingerprint density at radius 2 is 1.48 bits per heavy atom. The molecule has 0 N–H and O–H groups in total. The van der Waals surface area contributed by atoms with Crippen molar-refractivity contribution in [2.45, 2.75) is 12.8 Å². The lowest BCUT2D eigenvalue weighted by Gasteiger charge is -2.15. The van der Waals surface area contributed by atoms with Crippen molar-refractivity contribution in [2.24, 2.45) is 0 Å². The molecule has 0 unspecified atom stereocenters. The molecular formula is C39H24N4O. The third-order valence-corrected chi connectivity index (χ3v) is 9.15. The molecule has 0 radical (unpaired) electrons. The van der Waals surface area contributed by atoms with Crippen LogP contribution in [0.3, 0.4) is 0 Å². The summed E-state index contributed by atoms with van der Waals surface area (Å²) in [5.74, 6) is 0.754. The first kappa shape index (κ1) is 23.7. The van der Waals surface area contributed by atoms with Crippen LogP contribution in [0.4, 0.5) is 0 Å². The van der Waals surface area contributed by atoms with Gasteiger partial charge in [-0.25, -0.2) is 15.0 Å². The molecule has 1 aliphatic rings. The van der Waals surface area contributed by atoms with Crippen LogP contribution in [0, 0.1) is 0 Å². The minimum Gasteiger partial charge on any atom is -0.443 e. The monoisotopic (exact) mass is 564 g/mol. The van der Waals surface area contributed by atoms with Gasteiger partial charge in [-0.05, 0) is 60.4 Å². The van der Waals surface area contributed by atoms with E-state index < -0.39 is 0 Å². The molecule has 1 aliphatic carbocycles. The van der Waals surface area contributed by atoms with Crippen molar-refractivity contribution < 1.29 is 4.42 Å². The van der Waals surface area contributed by atoms with Gasteiger partial charge in [0.15, 0.2) is 17.8 Å². The highest BCUT2D eigenvalue weighted by Crippen LogP contribution is 2.44. The number of hydrogen-bond donors (Lipinski definition) is 0. The van der Waals surface area contributed by atoms with Gasteiger partial charge in [-0.3, -0.25) is 0 Å².